The van der Waals surface area contributed by atoms with Crippen LogP contribution in [0.5, 0.6) is 11.8 Å². The average Bonchev–Trinajstić information content (AvgIpc) is 2.97. The first kappa shape index (κ1) is 27.9. The van der Waals surface area contributed by atoms with Crippen molar-refractivity contribution in [3.05, 3.63) is 53.3 Å². The summed E-state index contributed by atoms with van der Waals surface area (Å²) in [6.07, 6.45) is 1.24. The molecule has 1 aromatic heterocycles. The van der Waals surface area contributed by atoms with Gasteiger partial charge < -0.3 is 24.4 Å². The Bertz CT molecular complexity index is 1450. The van der Waals surface area contributed by atoms with Crippen LogP contribution in [0.1, 0.15) is 0 Å². The lowest BCUT2D eigenvalue weighted by molar-refractivity contribution is -0.126. The van der Waals surface area contributed by atoms with Crippen LogP contribution < -0.4 is 9.64 Å². The highest BCUT2D eigenvalue weighted by Crippen LogP contribution is 2.43. The zero-order chi connectivity index (χ0) is 28.4. The van der Waals surface area contributed by atoms with Gasteiger partial charge in [0.15, 0.2) is 17.5 Å². The van der Waals surface area contributed by atoms with Gasteiger partial charge in [-0.15, -0.1) is 0 Å². The van der Waals surface area contributed by atoms with E-state index in [9.17, 15) is 18.7 Å². The minimum absolute atomic E-state index is 0.114. The molecule has 13 heteroatoms. The number of hydrogen-bond acceptors (Lipinski definition) is 8. The van der Waals surface area contributed by atoms with Gasteiger partial charge in [-0.05, 0) is 24.3 Å². The number of phenols is 1. The van der Waals surface area contributed by atoms with Crippen molar-refractivity contribution in [3.8, 4) is 22.9 Å². The van der Waals surface area contributed by atoms with Gasteiger partial charge in [0.1, 0.15) is 23.7 Å². The van der Waals surface area contributed by atoms with E-state index in [2.05, 4.69) is 21.4 Å². The number of benzene rings is 2. The molecule has 2 aliphatic rings. The maximum Gasteiger partial charge on any atom is 0.319 e. The van der Waals surface area contributed by atoms with E-state index in [1.165, 1.54) is 12.1 Å². The van der Waals surface area contributed by atoms with Crippen molar-refractivity contribution in [2.24, 2.45) is 0 Å². The van der Waals surface area contributed by atoms with Crippen molar-refractivity contribution in [2.45, 2.75) is 0 Å². The lowest BCUT2D eigenvalue weighted by atomic mass is 10.0. The summed E-state index contributed by atoms with van der Waals surface area (Å²) in [6.45, 7) is 8.55. The van der Waals surface area contributed by atoms with Gasteiger partial charge in [-0.3, -0.25) is 9.69 Å². The number of ether oxygens (including phenoxy) is 2. The summed E-state index contributed by atoms with van der Waals surface area (Å²) in [4.78, 5) is 26.5. The van der Waals surface area contributed by atoms with Crippen LogP contribution in [0.25, 0.3) is 22.0 Å². The third-order valence-corrected chi connectivity index (χ3v) is 7.27. The van der Waals surface area contributed by atoms with Crippen LogP contribution >= 0.6 is 11.6 Å². The molecule has 0 radical (unpaired) electrons. The van der Waals surface area contributed by atoms with Gasteiger partial charge in [0.25, 0.3) is 0 Å². The lowest BCUT2D eigenvalue weighted by Crippen LogP contribution is -2.48. The fourth-order valence-corrected chi connectivity index (χ4v) is 5.12. The monoisotopic (exact) mass is 577 g/mol. The zero-order valence-electron chi connectivity index (χ0n) is 21.5. The number of carbonyl (C=O) groups is 1. The molecule has 0 saturated carbocycles. The second kappa shape index (κ2) is 11.9. The largest absolute Gasteiger partial charge is 0.507 e. The van der Waals surface area contributed by atoms with Crippen molar-refractivity contribution in [2.75, 3.05) is 70.5 Å². The van der Waals surface area contributed by atoms with Gasteiger partial charge in [0.2, 0.25) is 5.91 Å². The number of carbonyl (C=O) groups excluding carboxylic acids is 1. The molecule has 0 aliphatic carbocycles. The molecule has 3 heterocycles. The van der Waals surface area contributed by atoms with Gasteiger partial charge in [-0.25, -0.2) is 13.2 Å². The van der Waals surface area contributed by atoms with E-state index >= 15 is 4.39 Å². The highest BCUT2D eigenvalue weighted by Gasteiger charge is 2.28. The molecule has 3 aromatic rings. The number of hydrogen-bond donors (Lipinski definition) is 1. The predicted molar refractivity (Wildman–Crippen MR) is 143 cm³/mol. The number of phenolic OH excluding ortho intramolecular Hbond substituents is 1. The van der Waals surface area contributed by atoms with Gasteiger partial charge in [-0.2, -0.15) is 9.97 Å². The fraction of sp³-hybridized carbons (Fsp3) is 0.370. The molecule has 40 heavy (non-hydrogen) atoms. The Morgan fingerprint density at radius 2 is 1.80 bits per heavy atom. The molecule has 0 bridgehead atoms. The molecular formula is C27H27ClF3N5O4. The zero-order valence-corrected chi connectivity index (χ0v) is 22.3. The summed E-state index contributed by atoms with van der Waals surface area (Å²) >= 11 is 6.42. The van der Waals surface area contributed by atoms with Crippen LogP contribution in [0.15, 0.2) is 30.9 Å². The van der Waals surface area contributed by atoms with Crippen molar-refractivity contribution in [1.82, 2.24) is 19.8 Å². The summed E-state index contributed by atoms with van der Waals surface area (Å²) in [6, 6.07) is 2.89. The Balaban J connectivity index is 1.56. The minimum Gasteiger partial charge on any atom is -0.507 e. The Labute approximate surface area is 233 Å². The molecule has 2 fully saturated rings. The normalized spacial score (nSPS) is 16.4. The summed E-state index contributed by atoms with van der Waals surface area (Å²) in [7, 11) is 0. The number of fused-ring (bicyclic) bond motifs is 1. The standard InChI is InChI=1S/C27H27ClF3N5O4/c1-2-20(38)35-5-7-36(8-6-35)26-16-15-17(28)21(22-19(37)4-3-18(29)23(22)30)24(31)25(16)32-27(33-26)40-14-11-34-9-12-39-13-10-34/h2-4,15,37H,1,5-14H2. The molecule has 5 rings (SSSR count). The molecule has 0 spiro atoms. The Morgan fingerprint density at radius 1 is 1.07 bits per heavy atom. The number of rotatable bonds is 7. The number of piperazine rings is 1. The number of anilines is 1. The number of nitrogens with zero attached hydrogens (tertiary/aromatic N) is 5. The molecule has 9 nitrogen and oxygen atoms in total. The molecule has 2 aromatic carbocycles. The van der Waals surface area contributed by atoms with Crippen LogP contribution in [0, 0.1) is 17.5 Å². The van der Waals surface area contributed by atoms with E-state index in [4.69, 9.17) is 21.1 Å². The van der Waals surface area contributed by atoms with Gasteiger partial charge in [0, 0.05) is 56.8 Å². The summed E-state index contributed by atoms with van der Waals surface area (Å²) < 4.78 is 56.1. The third-order valence-electron chi connectivity index (χ3n) is 6.97. The summed E-state index contributed by atoms with van der Waals surface area (Å²) in [5.41, 5.74) is -1.48. The van der Waals surface area contributed by atoms with Crippen LogP contribution in [0.2, 0.25) is 5.02 Å². The van der Waals surface area contributed by atoms with Gasteiger partial charge in [-0.1, -0.05) is 18.2 Å². The van der Waals surface area contributed by atoms with Crippen LogP contribution in [-0.2, 0) is 9.53 Å². The topological polar surface area (TPSA) is 91.3 Å². The molecule has 1 amide bonds. The van der Waals surface area contributed by atoms with Crippen molar-refractivity contribution < 1.29 is 32.5 Å². The third kappa shape index (κ3) is 5.51. The van der Waals surface area contributed by atoms with E-state index in [1.54, 1.807) is 4.90 Å². The number of amides is 1. The molecular weight excluding hydrogens is 551 g/mol. The van der Waals surface area contributed by atoms with E-state index in [1.807, 2.05) is 4.90 Å². The number of aromatic nitrogens is 2. The molecule has 212 valence electrons. The van der Waals surface area contributed by atoms with E-state index < -0.39 is 34.3 Å². The Morgan fingerprint density at radius 3 is 2.50 bits per heavy atom. The first-order chi connectivity index (χ1) is 19.3. The quantitative estimate of drug-likeness (QED) is 0.426. The molecule has 2 saturated heterocycles. The van der Waals surface area contributed by atoms with E-state index in [-0.39, 0.29) is 34.5 Å². The summed E-state index contributed by atoms with van der Waals surface area (Å²) in [5.74, 6) is -4.35. The second-order valence-corrected chi connectivity index (χ2v) is 9.75. The number of aromatic hydroxyl groups is 1. The SMILES string of the molecule is C=CC(=O)N1CCN(c2nc(OCCN3CCOCC3)nc3c(F)c(-c4c(O)ccc(F)c4F)c(Cl)cc23)CC1. The minimum atomic E-state index is -1.44. The Kier molecular flexibility index (Phi) is 8.29. The number of morpholine rings is 1. The van der Waals surface area contributed by atoms with Crippen LogP contribution in [-0.4, -0.2) is 96.4 Å². The van der Waals surface area contributed by atoms with E-state index in [0.717, 1.165) is 25.2 Å². The molecule has 0 atom stereocenters. The second-order valence-electron chi connectivity index (χ2n) is 9.35. The maximum atomic E-state index is 16.1. The maximum absolute atomic E-state index is 16.1. The highest BCUT2D eigenvalue weighted by molar-refractivity contribution is 6.34. The van der Waals surface area contributed by atoms with Crippen LogP contribution in [0.4, 0.5) is 19.0 Å². The fourth-order valence-electron chi connectivity index (χ4n) is 4.83. The molecule has 0 unspecified atom stereocenters. The van der Waals surface area contributed by atoms with Gasteiger partial charge in [0.05, 0.1) is 23.8 Å². The smallest absolute Gasteiger partial charge is 0.319 e. The number of halogens is 4. The van der Waals surface area contributed by atoms with Gasteiger partial charge >= 0.3 is 6.01 Å². The van der Waals surface area contributed by atoms with Crippen molar-refractivity contribution in [3.63, 3.8) is 0 Å². The highest BCUT2D eigenvalue weighted by atomic mass is 35.5. The molecule has 2 aliphatic heterocycles. The molecule has 1 N–H and O–H groups in total. The average molecular weight is 578 g/mol. The first-order valence-electron chi connectivity index (χ1n) is 12.7. The first-order valence-corrected chi connectivity index (χ1v) is 13.1. The predicted octanol–water partition coefficient (Wildman–Crippen LogP) is 3.62. The lowest BCUT2D eigenvalue weighted by Gasteiger charge is -2.35. The van der Waals surface area contributed by atoms with Crippen LogP contribution in [0.3, 0.4) is 0 Å². The Hall–Kier alpha value is -3.61. The van der Waals surface area contributed by atoms with Crippen molar-refractivity contribution in [1.29, 1.82) is 0 Å². The van der Waals surface area contributed by atoms with E-state index in [0.29, 0.717) is 51.8 Å². The summed E-state index contributed by atoms with van der Waals surface area (Å²) in [5, 5.41) is 10.2. The van der Waals surface area contributed by atoms with Crippen molar-refractivity contribution >= 4 is 34.2 Å².